The summed E-state index contributed by atoms with van der Waals surface area (Å²) in [6.45, 7) is 3.66. The Morgan fingerprint density at radius 1 is 1.32 bits per heavy atom. The lowest BCUT2D eigenvalue weighted by molar-refractivity contribution is 0.127. The summed E-state index contributed by atoms with van der Waals surface area (Å²) in [5.74, 6) is 0.756. The lowest BCUT2D eigenvalue weighted by Crippen LogP contribution is -2.44. The molecule has 0 radical (unpaired) electrons. The van der Waals surface area contributed by atoms with E-state index in [9.17, 15) is 5.11 Å². The summed E-state index contributed by atoms with van der Waals surface area (Å²) in [4.78, 5) is 4.29. The van der Waals surface area contributed by atoms with Gasteiger partial charge in [0.1, 0.15) is 0 Å². The van der Waals surface area contributed by atoms with Gasteiger partial charge in [-0.3, -0.25) is 4.99 Å². The van der Waals surface area contributed by atoms with E-state index in [1.54, 1.807) is 14.2 Å². The van der Waals surface area contributed by atoms with Gasteiger partial charge in [-0.05, 0) is 24.0 Å². The fraction of sp³-hybridized carbons (Fsp3) is 0.611. The zero-order valence-electron chi connectivity index (χ0n) is 15.1. The Morgan fingerprint density at radius 2 is 2.08 bits per heavy atom. The van der Waals surface area contributed by atoms with Crippen LogP contribution in [0.4, 0.5) is 0 Å². The molecule has 0 bridgehead atoms. The first kappa shape index (κ1) is 22.1. The second kappa shape index (κ2) is 11.7. The highest BCUT2D eigenvalue weighted by Gasteiger charge is 2.34. The molecule has 0 saturated carbocycles. The number of methoxy groups -OCH3 is 1. The zero-order chi connectivity index (χ0) is 17.3. The van der Waals surface area contributed by atoms with E-state index in [4.69, 9.17) is 9.47 Å². The fourth-order valence-corrected chi connectivity index (χ4v) is 3.01. The average Bonchev–Trinajstić information content (AvgIpc) is 3.06. The van der Waals surface area contributed by atoms with Gasteiger partial charge in [0.05, 0.1) is 13.2 Å². The van der Waals surface area contributed by atoms with Crippen molar-refractivity contribution in [2.75, 3.05) is 40.5 Å². The number of aliphatic hydroxyl groups is 1. The second-order valence-electron chi connectivity index (χ2n) is 6.26. The van der Waals surface area contributed by atoms with Gasteiger partial charge < -0.3 is 25.2 Å². The Kier molecular flexibility index (Phi) is 10.3. The molecule has 0 amide bonds. The Morgan fingerprint density at radius 3 is 2.68 bits per heavy atom. The topological polar surface area (TPSA) is 75.1 Å². The highest BCUT2D eigenvalue weighted by Crippen LogP contribution is 2.31. The first-order valence-electron chi connectivity index (χ1n) is 8.42. The Bertz CT molecular complexity index is 534. The maximum Gasteiger partial charge on any atom is 0.191 e. The highest BCUT2D eigenvalue weighted by molar-refractivity contribution is 14.0. The zero-order valence-corrected chi connectivity index (χ0v) is 17.4. The molecule has 1 aliphatic rings. The van der Waals surface area contributed by atoms with Crippen LogP contribution in [0.25, 0.3) is 0 Å². The van der Waals surface area contributed by atoms with E-state index in [-0.39, 0.29) is 36.0 Å². The molecule has 6 nitrogen and oxygen atoms in total. The molecule has 1 aromatic carbocycles. The Balaban J connectivity index is 0.00000312. The van der Waals surface area contributed by atoms with Gasteiger partial charge in [0, 0.05) is 45.9 Å². The Labute approximate surface area is 167 Å². The Hall–Kier alpha value is -0.900. The van der Waals surface area contributed by atoms with E-state index < -0.39 is 0 Å². The van der Waals surface area contributed by atoms with Gasteiger partial charge in [-0.2, -0.15) is 0 Å². The monoisotopic (exact) mass is 463 g/mol. The third-order valence-corrected chi connectivity index (χ3v) is 4.55. The summed E-state index contributed by atoms with van der Waals surface area (Å²) in [5.41, 5.74) is 2.36. The normalized spacial score (nSPS) is 20.2. The summed E-state index contributed by atoms with van der Waals surface area (Å²) >= 11 is 0. The van der Waals surface area contributed by atoms with E-state index in [0.29, 0.717) is 19.8 Å². The summed E-state index contributed by atoms with van der Waals surface area (Å²) < 4.78 is 10.8. The molecule has 0 aromatic heterocycles. The largest absolute Gasteiger partial charge is 0.396 e. The van der Waals surface area contributed by atoms with E-state index in [2.05, 4.69) is 27.8 Å². The third kappa shape index (κ3) is 6.73. The van der Waals surface area contributed by atoms with Crippen molar-refractivity contribution in [1.29, 1.82) is 0 Å². The highest BCUT2D eigenvalue weighted by atomic mass is 127. The molecule has 2 rings (SSSR count). The molecule has 1 fully saturated rings. The quantitative estimate of drug-likeness (QED) is 0.312. The number of hydrogen-bond acceptors (Lipinski definition) is 4. The van der Waals surface area contributed by atoms with Crippen LogP contribution in [0, 0.1) is 5.41 Å². The number of aliphatic imine (C=N–C) groups is 1. The molecule has 7 heteroatoms. The number of nitrogens with zero attached hydrogens (tertiary/aromatic N) is 1. The number of guanidine groups is 1. The van der Waals surface area contributed by atoms with Crippen LogP contribution in [-0.2, 0) is 22.6 Å². The molecule has 25 heavy (non-hydrogen) atoms. The molecule has 3 N–H and O–H groups in total. The summed E-state index contributed by atoms with van der Waals surface area (Å²) in [7, 11) is 3.47. The van der Waals surface area contributed by atoms with Gasteiger partial charge in [0.15, 0.2) is 5.96 Å². The number of aliphatic hydroxyl groups excluding tert-OH is 1. The predicted octanol–water partition coefficient (Wildman–Crippen LogP) is 1.91. The van der Waals surface area contributed by atoms with E-state index in [1.807, 2.05) is 12.1 Å². The van der Waals surface area contributed by atoms with Crippen molar-refractivity contribution in [3.8, 4) is 0 Å². The van der Waals surface area contributed by atoms with Crippen LogP contribution in [0.1, 0.15) is 24.0 Å². The molecule has 1 saturated heterocycles. The van der Waals surface area contributed by atoms with Crippen LogP contribution in [0.5, 0.6) is 0 Å². The summed E-state index contributed by atoms with van der Waals surface area (Å²) in [5, 5.41) is 16.0. The first-order valence-corrected chi connectivity index (χ1v) is 8.42. The van der Waals surface area contributed by atoms with Crippen LogP contribution >= 0.6 is 24.0 Å². The van der Waals surface area contributed by atoms with Crippen molar-refractivity contribution in [2.45, 2.75) is 26.0 Å². The number of rotatable bonds is 8. The van der Waals surface area contributed by atoms with E-state index >= 15 is 0 Å². The molecule has 1 heterocycles. The molecular formula is C18H30IN3O3. The smallest absolute Gasteiger partial charge is 0.191 e. The number of benzene rings is 1. The molecular weight excluding hydrogens is 433 g/mol. The summed E-state index contributed by atoms with van der Waals surface area (Å²) in [6.07, 6.45) is 1.71. The minimum atomic E-state index is 0. The summed E-state index contributed by atoms with van der Waals surface area (Å²) in [6, 6.07) is 8.21. The van der Waals surface area contributed by atoms with Gasteiger partial charge in [-0.25, -0.2) is 0 Å². The minimum absolute atomic E-state index is 0. The molecule has 1 unspecified atom stereocenters. The lowest BCUT2D eigenvalue weighted by atomic mass is 9.84. The van der Waals surface area contributed by atoms with Crippen molar-refractivity contribution in [3.05, 3.63) is 35.4 Å². The third-order valence-electron chi connectivity index (χ3n) is 4.55. The SMILES string of the molecule is CN=C(NCc1ccccc1COC)NCC1(CCO)CCOC1.I. The first-order chi connectivity index (χ1) is 11.7. The van der Waals surface area contributed by atoms with E-state index in [0.717, 1.165) is 32.0 Å². The van der Waals surface area contributed by atoms with Gasteiger partial charge in [0.2, 0.25) is 0 Å². The number of hydrogen-bond donors (Lipinski definition) is 3. The molecule has 0 spiro atoms. The standard InChI is InChI=1S/C18H29N3O3.HI/c1-19-17(21-13-18(7-9-22)8-10-24-14-18)20-11-15-5-3-4-6-16(15)12-23-2;/h3-6,22H,7-14H2,1-2H3,(H2,19,20,21);1H. The minimum Gasteiger partial charge on any atom is -0.396 e. The van der Waals surface area contributed by atoms with Crippen LogP contribution in [0.2, 0.25) is 0 Å². The maximum atomic E-state index is 9.31. The van der Waals surface area contributed by atoms with Gasteiger partial charge >= 0.3 is 0 Å². The van der Waals surface area contributed by atoms with Crippen molar-refractivity contribution in [3.63, 3.8) is 0 Å². The maximum absolute atomic E-state index is 9.31. The molecule has 1 aromatic rings. The van der Waals surface area contributed by atoms with Crippen LogP contribution in [0.3, 0.4) is 0 Å². The van der Waals surface area contributed by atoms with Crippen LogP contribution in [-0.4, -0.2) is 51.6 Å². The molecule has 0 aliphatic carbocycles. The second-order valence-corrected chi connectivity index (χ2v) is 6.26. The number of ether oxygens (including phenoxy) is 2. The number of nitrogens with one attached hydrogen (secondary N) is 2. The fourth-order valence-electron chi connectivity index (χ4n) is 3.01. The number of halogens is 1. The lowest BCUT2D eigenvalue weighted by Gasteiger charge is -2.27. The van der Waals surface area contributed by atoms with Gasteiger partial charge in [-0.15, -0.1) is 24.0 Å². The van der Waals surface area contributed by atoms with Gasteiger partial charge in [0.25, 0.3) is 0 Å². The van der Waals surface area contributed by atoms with Crippen molar-refractivity contribution >= 4 is 29.9 Å². The van der Waals surface area contributed by atoms with E-state index in [1.165, 1.54) is 11.1 Å². The molecule has 1 aliphatic heterocycles. The van der Waals surface area contributed by atoms with Crippen LogP contribution in [0.15, 0.2) is 29.3 Å². The average molecular weight is 463 g/mol. The van der Waals surface area contributed by atoms with Crippen LogP contribution < -0.4 is 10.6 Å². The molecule has 1 atom stereocenters. The van der Waals surface area contributed by atoms with Crippen molar-refractivity contribution < 1.29 is 14.6 Å². The van der Waals surface area contributed by atoms with Gasteiger partial charge in [-0.1, -0.05) is 24.3 Å². The van der Waals surface area contributed by atoms with Crippen molar-refractivity contribution in [1.82, 2.24) is 10.6 Å². The van der Waals surface area contributed by atoms with Crippen molar-refractivity contribution in [2.24, 2.45) is 10.4 Å². The predicted molar refractivity (Wildman–Crippen MR) is 110 cm³/mol. The molecule has 142 valence electrons.